The fraction of sp³-hybridized carbons (Fsp3) is 0.500. The van der Waals surface area contributed by atoms with Crippen LogP contribution >= 0.6 is 12.4 Å². The molecule has 4 heteroatoms. The number of halogens is 1. The van der Waals surface area contributed by atoms with Crippen molar-refractivity contribution >= 4 is 12.4 Å². The lowest BCUT2D eigenvalue weighted by atomic mass is 9.96. The molecule has 0 aliphatic heterocycles. The Morgan fingerprint density at radius 2 is 2.29 bits per heavy atom. The molecule has 78 valence electrons. The minimum absolute atomic E-state index is 0. The molecule has 1 heterocycles. The van der Waals surface area contributed by atoms with Gasteiger partial charge in [-0.25, -0.2) is 4.98 Å². The van der Waals surface area contributed by atoms with Crippen molar-refractivity contribution in [3.05, 3.63) is 23.9 Å². The lowest BCUT2D eigenvalue weighted by molar-refractivity contribution is 0.114. The lowest BCUT2D eigenvalue weighted by Gasteiger charge is -2.25. The quantitative estimate of drug-likeness (QED) is 0.836. The first kappa shape index (κ1) is 11.3. The van der Waals surface area contributed by atoms with Gasteiger partial charge >= 0.3 is 0 Å². The maximum atomic E-state index is 5.63. The zero-order valence-electron chi connectivity index (χ0n) is 7.98. The molecule has 1 aliphatic rings. The summed E-state index contributed by atoms with van der Waals surface area (Å²) in [6.45, 7) is 0.545. The van der Waals surface area contributed by atoms with Crippen molar-refractivity contribution in [3.8, 4) is 5.88 Å². The average molecular weight is 215 g/mol. The summed E-state index contributed by atoms with van der Waals surface area (Å²) in [4.78, 5) is 4.13. The highest BCUT2D eigenvalue weighted by Gasteiger charge is 2.19. The van der Waals surface area contributed by atoms with Crippen LogP contribution in [0.2, 0.25) is 0 Å². The van der Waals surface area contributed by atoms with Gasteiger partial charge in [-0.05, 0) is 30.9 Å². The van der Waals surface area contributed by atoms with Gasteiger partial charge in [0.25, 0.3) is 0 Å². The second-order valence-corrected chi connectivity index (χ2v) is 3.38. The monoisotopic (exact) mass is 214 g/mol. The Morgan fingerprint density at radius 3 is 2.86 bits per heavy atom. The molecule has 0 atom stereocenters. The smallest absolute Gasteiger partial charge is 0.213 e. The van der Waals surface area contributed by atoms with Gasteiger partial charge in [0.1, 0.15) is 6.10 Å². The molecule has 2 N–H and O–H groups in total. The summed E-state index contributed by atoms with van der Waals surface area (Å²) in [7, 11) is 0. The molecule has 1 aromatic heterocycles. The Bertz CT molecular complexity index is 289. The van der Waals surface area contributed by atoms with E-state index < -0.39 is 0 Å². The number of pyridine rings is 1. The summed E-state index contributed by atoms with van der Waals surface area (Å²) in [5, 5.41) is 0. The van der Waals surface area contributed by atoms with Crippen LogP contribution in [0, 0.1) is 0 Å². The maximum absolute atomic E-state index is 5.63. The van der Waals surface area contributed by atoms with Gasteiger partial charge < -0.3 is 10.5 Å². The highest BCUT2D eigenvalue weighted by molar-refractivity contribution is 5.85. The first-order valence-corrected chi connectivity index (χ1v) is 4.70. The zero-order valence-corrected chi connectivity index (χ0v) is 8.80. The molecule has 0 aromatic carbocycles. The molecule has 3 nitrogen and oxygen atoms in total. The Morgan fingerprint density at radius 1 is 1.50 bits per heavy atom. The van der Waals surface area contributed by atoms with Crippen molar-refractivity contribution in [3.63, 3.8) is 0 Å². The van der Waals surface area contributed by atoms with Crippen molar-refractivity contribution in [2.45, 2.75) is 31.9 Å². The SMILES string of the molecule is Cl.NCc1ccnc(OC2CCC2)c1. The lowest BCUT2D eigenvalue weighted by Crippen LogP contribution is -2.25. The topological polar surface area (TPSA) is 48.1 Å². The largest absolute Gasteiger partial charge is 0.474 e. The molecule has 0 saturated heterocycles. The Kier molecular flexibility index (Phi) is 4.17. The summed E-state index contributed by atoms with van der Waals surface area (Å²) >= 11 is 0. The third-order valence-electron chi connectivity index (χ3n) is 2.37. The van der Waals surface area contributed by atoms with E-state index >= 15 is 0 Å². The van der Waals surface area contributed by atoms with Crippen LogP contribution in [-0.2, 0) is 6.54 Å². The van der Waals surface area contributed by atoms with E-state index in [1.54, 1.807) is 6.20 Å². The number of hydrogen-bond acceptors (Lipinski definition) is 3. The van der Waals surface area contributed by atoms with Crippen LogP contribution in [0.1, 0.15) is 24.8 Å². The van der Waals surface area contributed by atoms with Gasteiger partial charge in [-0.2, -0.15) is 0 Å². The van der Waals surface area contributed by atoms with Crippen molar-refractivity contribution in [2.24, 2.45) is 5.73 Å². The maximum Gasteiger partial charge on any atom is 0.213 e. The molecular weight excluding hydrogens is 200 g/mol. The molecule has 0 bridgehead atoms. The van der Waals surface area contributed by atoms with Crippen LogP contribution in [0.3, 0.4) is 0 Å². The van der Waals surface area contributed by atoms with Crippen LogP contribution in [0.25, 0.3) is 0 Å². The van der Waals surface area contributed by atoms with Crippen LogP contribution < -0.4 is 10.5 Å². The number of aromatic nitrogens is 1. The van der Waals surface area contributed by atoms with Crippen LogP contribution in [-0.4, -0.2) is 11.1 Å². The molecule has 1 saturated carbocycles. The number of nitrogens with zero attached hydrogens (tertiary/aromatic N) is 1. The van der Waals surface area contributed by atoms with Crippen LogP contribution in [0.15, 0.2) is 18.3 Å². The summed E-state index contributed by atoms with van der Waals surface area (Å²) in [6, 6.07) is 3.83. The third-order valence-corrected chi connectivity index (χ3v) is 2.37. The predicted octanol–water partition coefficient (Wildman–Crippen LogP) is 1.89. The standard InChI is InChI=1S/C10H14N2O.ClH/c11-7-8-4-5-12-10(6-8)13-9-2-1-3-9;/h4-6,9H,1-3,7,11H2;1H. The Balaban J connectivity index is 0.000000980. The molecule has 0 amide bonds. The van der Waals surface area contributed by atoms with E-state index in [1.807, 2.05) is 12.1 Å². The number of hydrogen-bond donors (Lipinski definition) is 1. The molecule has 1 aliphatic carbocycles. The number of rotatable bonds is 3. The molecule has 0 spiro atoms. The molecule has 0 radical (unpaired) electrons. The molecule has 1 fully saturated rings. The average Bonchev–Trinajstić information content (AvgIpc) is 2.12. The summed E-state index contributed by atoms with van der Waals surface area (Å²) < 4.78 is 5.63. The fourth-order valence-electron chi connectivity index (χ4n) is 1.30. The predicted molar refractivity (Wildman–Crippen MR) is 57.6 cm³/mol. The van der Waals surface area contributed by atoms with E-state index in [2.05, 4.69) is 4.98 Å². The van der Waals surface area contributed by atoms with E-state index in [-0.39, 0.29) is 12.4 Å². The van der Waals surface area contributed by atoms with Gasteiger partial charge in [0.05, 0.1) is 0 Å². The number of nitrogens with two attached hydrogens (primary N) is 1. The number of ether oxygens (including phenoxy) is 1. The van der Waals surface area contributed by atoms with Gasteiger partial charge in [-0.1, -0.05) is 0 Å². The summed E-state index contributed by atoms with van der Waals surface area (Å²) in [5.41, 5.74) is 6.59. The van der Waals surface area contributed by atoms with E-state index in [9.17, 15) is 0 Å². The molecule has 14 heavy (non-hydrogen) atoms. The fourth-order valence-corrected chi connectivity index (χ4v) is 1.30. The van der Waals surface area contributed by atoms with E-state index in [4.69, 9.17) is 10.5 Å². The van der Waals surface area contributed by atoms with Gasteiger partial charge in [0, 0.05) is 18.8 Å². The van der Waals surface area contributed by atoms with Crippen molar-refractivity contribution < 1.29 is 4.74 Å². The minimum Gasteiger partial charge on any atom is -0.474 e. The summed E-state index contributed by atoms with van der Waals surface area (Å²) in [6.07, 6.45) is 5.74. The van der Waals surface area contributed by atoms with E-state index in [0.717, 1.165) is 18.4 Å². The Hall–Kier alpha value is -0.800. The zero-order chi connectivity index (χ0) is 9.10. The van der Waals surface area contributed by atoms with E-state index in [0.29, 0.717) is 18.5 Å². The first-order valence-electron chi connectivity index (χ1n) is 4.70. The normalized spacial score (nSPS) is 15.5. The highest BCUT2D eigenvalue weighted by Crippen LogP contribution is 2.23. The van der Waals surface area contributed by atoms with Crippen molar-refractivity contribution in [1.29, 1.82) is 0 Å². The van der Waals surface area contributed by atoms with Gasteiger partial charge in [-0.3, -0.25) is 0 Å². The molecule has 2 rings (SSSR count). The first-order chi connectivity index (χ1) is 6.38. The third kappa shape index (κ3) is 2.59. The van der Waals surface area contributed by atoms with Crippen LogP contribution in [0.5, 0.6) is 5.88 Å². The van der Waals surface area contributed by atoms with Gasteiger partial charge in [0.2, 0.25) is 5.88 Å². The second-order valence-electron chi connectivity index (χ2n) is 3.38. The van der Waals surface area contributed by atoms with E-state index in [1.165, 1.54) is 6.42 Å². The van der Waals surface area contributed by atoms with Gasteiger partial charge in [-0.15, -0.1) is 12.4 Å². The molecular formula is C10H15ClN2O. The highest BCUT2D eigenvalue weighted by atomic mass is 35.5. The molecule has 1 aromatic rings. The minimum atomic E-state index is 0. The van der Waals surface area contributed by atoms with Crippen LogP contribution in [0.4, 0.5) is 0 Å². The second kappa shape index (κ2) is 5.17. The molecule has 0 unspecified atom stereocenters. The van der Waals surface area contributed by atoms with Crippen molar-refractivity contribution in [1.82, 2.24) is 4.98 Å². The van der Waals surface area contributed by atoms with Crippen molar-refractivity contribution in [2.75, 3.05) is 0 Å². The Labute approximate surface area is 90.1 Å². The van der Waals surface area contributed by atoms with Gasteiger partial charge in [0.15, 0.2) is 0 Å². The summed E-state index contributed by atoms with van der Waals surface area (Å²) in [5.74, 6) is 0.715.